The Kier molecular flexibility index (Phi) is 10.6. The van der Waals surface area contributed by atoms with Gasteiger partial charge in [-0.05, 0) is 90.6 Å². The number of amides is 4. The minimum Gasteiger partial charge on any atom is -0.381 e. The summed E-state index contributed by atoms with van der Waals surface area (Å²) in [5.74, 6) is 1.10. The number of hydrogen-bond acceptors (Lipinski definition) is 8. The second-order valence-electron chi connectivity index (χ2n) is 12.3. The Morgan fingerprint density at radius 3 is 1.60 bits per heavy atom. The van der Waals surface area contributed by atoms with Crippen molar-refractivity contribution in [1.82, 2.24) is 9.80 Å². The SMILES string of the molecule is CC(C)(CCCCOCCCOCCCC(C)(C)N1C(=O)C=C2SCCC2C1=O)N1C(=O)C=C2SCCC2C1=O. The molecular weight excluding hydrogens is 548 g/mol. The number of unbranched alkanes of at least 4 members (excludes halogenated alkanes) is 1. The smallest absolute Gasteiger partial charge is 0.254 e. The van der Waals surface area contributed by atoms with Gasteiger partial charge in [0.15, 0.2) is 0 Å². The van der Waals surface area contributed by atoms with Crippen molar-refractivity contribution in [1.29, 1.82) is 0 Å². The lowest BCUT2D eigenvalue weighted by Crippen LogP contribution is -2.54. The van der Waals surface area contributed by atoms with E-state index in [2.05, 4.69) is 0 Å². The molecular formula is C30H44N2O6S2. The van der Waals surface area contributed by atoms with Gasteiger partial charge in [-0.1, -0.05) is 0 Å². The predicted molar refractivity (Wildman–Crippen MR) is 158 cm³/mol. The van der Waals surface area contributed by atoms with Crippen LogP contribution in [0.3, 0.4) is 0 Å². The van der Waals surface area contributed by atoms with E-state index >= 15 is 0 Å². The third-order valence-electron chi connectivity index (χ3n) is 8.24. The summed E-state index contributed by atoms with van der Waals surface area (Å²) in [4.78, 5) is 55.9. The third-order valence-corrected chi connectivity index (χ3v) is 10.6. The molecule has 8 nitrogen and oxygen atoms in total. The summed E-state index contributed by atoms with van der Waals surface area (Å²) < 4.78 is 11.5. The molecule has 2 unspecified atom stereocenters. The van der Waals surface area contributed by atoms with Gasteiger partial charge in [0.25, 0.3) is 11.8 Å². The molecule has 4 aliphatic rings. The second kappa shape index (κ2) is 13.6. The van der Waals surface area contributed by atoms with Crippen LogP contribution in [0.5, 0.6) is 0 Å². The van der Waals surface area contributed by atoms with Gasteiger partial charge < -0.3 is 9.47 Å². The molecule has 2 saturated heterocycles. The molecule has 0 saturated carbocycles. The first-order valence-electron chi connectivity index (χ1n) is 14.6. The highest BCUT2D eigenvalue weighted by Gasteiger charge is 2.45. The molecule has 0 aliphatic carbocycles. The largest absolute Gasteiger partial charge is 0.381 e. The van der Waals surface area contributed by atoms with E-state index in [1.165, 1.54) is 9.80 Å². The maximum absolute atomic E-state index is 12.9. The average molecular weight is 593 g/mol. The summed E-state index contributed by atoms with van der Waals surface area (Å²) in [7, 11) is 0. The van der Waals surface area contributed by atoms with Crippen molar-refractivity contribution in [3.63, 3.8) is 0 Å². The molecule has 10 heteroatoms. The third kappa shape index (κ3) is 7.23. The monoisotopic (exact) mass is 592 g/mol. The molecule has 4 heterocycles. The average Bonchev–Trinajstić information content (AvgIpc) is 3.54. The van der Waals surface area contributed by atoms with Gasteiger partial charge in [-0.25, -0.2) is 0 Å². The summed E-state index contributed by atoms with van der Waals surface area (Å²) in [6.07, 6.45) is 9.74. The molecule has 40 heavy (non-hydrogen) atoms. The number of fused-ring (bicyclic) bond motifs is 2. The van der Waals surface area contributed by atoms with Crippen LogP contribution in [0.2, 0.25) is 0 Å². The molecule has 2 fully saturated rings. The molecule has 0 radical (unpaired) electrons. The predicted octanol–water partition coefficient (Wildman–Crippen LogP) is 4.93. The fourth-order valence-corrected chi connectivity index (χ4v) is 8.39. The highest BCUT2D eigenvalue weighted by molar-refractivity contribution is 8.03. The van der Waals surface area contributed by atoms with Crippen LogP contribution in [-0.2, 0) is 28.7 Å². The maximum Gasteiger partial charge on any atom is 0.254 e. The van der Waals surface area contributed by atoms with Crippen molar-refractivity contribution >= 4 is 47.2 Å². The van der Waals surface area contributed by atoms with E-state index in [9.17, 15) is 19.2 Å². The van der Waals surface area contributed by atoms with Gasteiger partial charge in [0.2, 0.25) is 11.8 Å². The maximum atomic E-state index is 12.9. The summed E-state index contributed by atoms with van der Waals surface area (Å²) in [5.41, 5.74) is -1.04. The standard InChI is InChI=1S/C30H44N2O6S2/c1-29(2,31-25(33)19-23-21(27(31)35)9-17-39-23)11-5-6-13-37-15-8-16-38-14-7-12-30(3,4)32-26(34)20-24-22(28(32)36)10-18-40-24/h19-22H,5-18H2,1-4H3. The Balaban J connectivity index is 1.03. The van der Waals surface area contributed by atoms with Crippen LogP contribution in [0.1, 0.15) is 79.1 Å². The minimum absolute atomic E-state index is 0.0372. The van der Waals surface area contributed by atoms with E-state index in [0.29, 0.717) is 32.8 Å². The fourth-order valence-electron chi connectivity index (χ4n) is 6.00. The Labute approximate surface area is 247 Å². The zero-order valence-corrected chi connectivity index (χ0v) is 26.0. The van der Waals surface area contributed by atoms with Crippen LogP contribution in [-0.4, -0.2) is 82.4 Å². The Bertz CT molecular complexity index is 971. The lowest BCUT2D eigenvalue weighted by Gasteiger charge is -2.40. The normalized spacial score (nSPS) is 23.5. The van der Waals surface area contributed by atoms with Crippen LogP contribution in [0.25, 0.3) is 0 Å². The van der Waals surface area contributed by atoms with E-state index in [1.807, 2.05) is 27.7 Å². The van der Waals surface area contributed by atoms with Crippen molar-refractivity contribution in [2.75, 3.05) is 37.9 Å². The molecule has 0 aromatic heterocycles. The van der Waals surface area contributed by atoms with Gasteiger partial charge >= 0.3 is 0 Å². The molecule has 4 amide bonds. The number of carbonyl (C=O) groups excluding carboxylic acids is 4. The molecule has 222 valence electrons. The van der Waals surface area contributed by atoms with Crippen LogP contribution < -0.4 is 0 Å². The van der Waals surface area contributed by atoms with E-state index < -0.39 is 11.1 Å². The van der Waals surface area contributed by atoms with Crippen LogP contribution in [0.15, 0.2) is 22.0 Å². The highest BCUT2D eigenvalue weighted by atomic mass is 32.2. The zero-order chi connectivity index (χ0) is 28.9. The zero-order valence-electron chi connectivity index (χ0n) is 24.4. The number of imide groups is 2. The number of ether oxygens (including phenoxy) is 2. The van der Waals surface area contributed by atoms with E-state index in [0.717, 1.165) is 66.3 Å². The minimum atomic E-state index is -0.533. The number of hydrogen-bond donors (Lipinski definition) is 0. The van der Waals surface area contributed by atoms with E-state index in [4.69, 9.17) is 9.47 Å². The number of rotatable bonds is 15. The first-order valence-corrected chi connectivity index (χ1v) is 16.6. The summed E-state index contributed by atoms with van der Waals surface area (Å²) in [5, 5.41) is 0. The van der Waals surface area contributed by atoms with Gasteiger partial charge in [0.05, 0.1) is 11.8 Å². The van der Waals surface area contributed by atoms with Crippen molar-refractivity contribution in [2.24, 2.45) is 11.8 Å². The van der Waals surface area contributed by atoms with Crippen molar-refractivity contribution < 1.29 is 28.7 Å². The lowest BCUT2D eigenvalue weighted by molar-refractivity contribution is -0.153. The first-order chi connectivity index (χ1) is 19.0. The first kappa shape index (κ1) is 31.3. The van der Waals surface area contributed by atoms with Gasteiger partial charge in [-0.15, -0.1) is 23.5 Å². The van der Waals surface area contributed by atoms with Crippen molar-refractivity contribution in [3.8, 4) is 0 Å². The fraction of sp³-hybridized carbons (Fsp3) is 0.733. The molecule has 0 aromatic rings. The molecule has 2 atom stereocenters. The Morgan fingerprint density at radius 2 is 1.10 bits per heavy atom. The quantitative estimate of drug-likeness (QED) is 0.195. The van der Waals surface area contributed by atoms with E-state index in [-0.39, 0.29) is 35.5 Å². The van der Waals surface area contributed by atoms with Crippen LogP contribution >= 0.6 is 23.5 Å². The van der Waals surface area contributed by atoms with Gasteiger partial charge in [-0.2, -0.15) is 0 Å². The molecule has 4 aliphatic heterocycles. The number of thioether (sulfide) groups is 2. The molecule has 0 aromatic carbocycles. The molecule has 0 bridgehead atoms. The second-order valence-corrected chi connectivity index (χ2v) is 14.6. The van der Waals surface area contributed by atoms with Crippen LogP contribution in [0, 0.1) is 11.8 Å². The lowest BCUT2D eigenvalue weighted by atomic mass is 9.90. The number of nitrogens with zero attached hydrogens (tertiary/aromatic N) is 2. The summed E-state index contributed by atoms with van der Waals surface area (Å²) >= 11 is 3.26. The molecule has 0 spiro atoms. The van der Waals surface area contributed by atoms with Gasteiger partial charge in [-0.3, -0.25) is 29.0 Å². The molecule has 0 N–H and O–H groups in total. The van der Waals surface area contributed by atoms with E-state index in [1.54, 1.807) is 35.7 Å². The topological polar surface area (TPSA) is 93.2 Å². The summed E-state index contributed by atoms with van der Waals surface area (Å²) in [6, 6.07) is 0. The summed E-state index contributed by atoms with van der Waals surface area (Å²) in [6.45, 7) is 10.3. The van der Waals surface area contributed by atoms with Crippen LogP contribution in [0.4, 0.5) is 0 Å². The van der Waals surface area contributed by atoms with Crippen molar-refractivity contribution in [2.45, 2.75) is 90.1 Å². The van der Waals surface area contributed by atoms with Gasteiger partial charge in [0, 0.05) is 59.5 Å². The molecule has 4 rings (SSSR count). The number of carbonyl (C=O) groups is 4. The van der Waals surface area contributed by atoms with Gasteiger partial charge in [0.1, 0.15) is 0 Å². The Morgan fingerprint density at radius 1 is 0.675 bits per heavy atom. The highest BCUT2D eigenvalue weighted by Crippen LogP contribution is 2.43. The van der Waals surface area contributed by atoms with Crippen molar-refractivity contribution in [3.05, 3.63) is 22.0 Å². The Hall–Kier alpha value is -1.62.